The summed E-state index contributed by atoms with van der Waals surface area (Å²) in [6.45, 7) is 3.21. The molecule has 1 fully saturated rings. The molecule has 2 aliphatic heterocycles. The Bertz CT molecular complexity index is 525. The van der Waals surface area contributed by atoms with Gasteiger partial charge >= 0.3 is 12.0 Å². The van der Waals surface area contributed by atoms with E-state index in [4.69, 9.17) is 26.1 Å². The minimum atomic E-state index is -0.903. The molecule has 0 spiro atoms. The minimum Gasteiger partial charge on any atom is -0.394 e. The van der Waals surface area contributed by atoms with E-state index in [1.165, 1.54) is 11.0 Å². The van der Waals surface area contributed by atoms with Gasteiger partial charge in [-0.2, -0.15) is 0 Å². The maximum Gasteiger partial charge on any atom is 0.361 e. The summed E-state index contributed by atoms with van der Waals surface area (Å²) in [5.74, 6) is -0.995. The Kier molecular flexibility index (Phi) is 5.65. The van der Waals surface area contributed by atoms with Crippen LogP contribution in [0.1, 0.15) is 20.3 Å². The zero-order valence-corrected chi connectivity index (χ0v) is 13.6. The monoisotopic (exact) mass is 343 g/mol. The van der Waals surface area contributed by atoms with Crippen LogP contribution < -0.4 is 11.5 Å². The molecule has 10 heteroatoms. The first-order valence-electron chi connectivity index (χ1n) is 7.61. The first-order chi connectivity index (χ1) is 11.3. The van der Waals surface area contributed by atoms with E-state index in [0.29, 0.717) is 5.06 Å². The Hall–Kier alpha value is -1.88. The zero-order valence-electron chi connectivity index (χ0n) is 13.6. The van der Waals surface area contributed by atoms with E-state index in [9.17, 15) is 14.7 Å². The third-order valence-electron chi connectivity index (χ3n) is 3.91. The summed E-state index contributed by atoms with van der Waals surface area (Å²) in [5.41, 5.74) is 11.4. The van der Waals surface area contributed by atoms with Crippen molar-refractivity contribution in [3.05, 3.63) is 18.0 Å². The van der Waals surface area contributed by atoms with Gasteiger partial charge in [0.1, 0.15) is 30.3 Å². The van der Waals surface area contributed by atoms with Crippen LogP contribution in [0.25, 0.3) is 0 Å². The quantitative estimate of drug-likeness (QED) is 0.495. The molecule has 1 radical (unpaired) electrons. The van der Waals surface area contributed by atoms with Crippen LogP contribution in [0.4, 0.5) is 4.79 Å². The molecule has 0 bridgehead atoms. The minimum absolute atomic E-state index is 0.0366. The number of aliphatic hydroxyl groups is 2. The molecular formula is C14H23N4O6. The van der Waals surface area contributed by atoms with E-state index in [1.54, 1.807) is 13.8 Å². The lowest BCUT2D eigenvalue weighted by atomic mass is 10.1. The number of carbonyl (C=O) groups excluding carboxylic acids is 2. The second kappa shape index (κ2) is 7.34. The Morgan fingerprint density at radius 2 is 2.21 bits per heavy atom. The summed E-state index contributed by atoms with van der Waals surface area (Å²) in [6, 6.07) is -1.62. The van der Waals surface area contributed by atoms with E-state index in [0.717, 1.165) is 0 Å². The fraction of sp³-hybridized carbons (Fsp3) is 0.643. The summed E-state index contributed by atoms with van der Waals surface area (Å²) >= 11 is 0. The van der Waals surface area contributed by atoms with E-state index < -0.39 is 37.0 Å². The van der Waals surface area contributed by atoms with Crippen molar-refractivity contribution in [3.8, 4) is 0 Å². The maximum absolute atomic E-state index is 12.5. The highest BCUT2D eigenvalue weighted by molar-refractivity contribution is 5.81. The molecule has 0 aromatic carbocycles. The number of nitrogens with two attached hydrogens (primary N) is 2. The van der Waals surface area contributed by atoms with Crippen molar-refractivity contribution in [1.82, 2.24) is 9.96 Å². The first kappa shape index (κ1) is 18.5. The van der Waals surface area contributed by atoms with Crippen molar-refractivity contribution >= 4 is 12.0 Å². The third-order valence-corrected chi connectivity index (χ3v) is 3.91. The molecule has 6 N–H and O–H groups in total. The predicted octanol–water partition coefficient (Wildman–Crippen LogP) is -1.02. The Balaban J connectivity index is 2.08. The predicted molar refractivity (Wildman–Crippen MR) is 80.7 cm³/mol. The second-order valence-electron chi connectivity index (χ2n) is 6.00. The number of nitrogens with zero attached hydrogens (tertiary/aromatic N) is 2. The van der Waals surface area contributed by atoms with Crippen LogP contribution >= 0.6 is 0 Å². The molecular weight excluding hydrogens is 320 g/mol. The van der Waals surface area contributed by atoms with Gasteiger partial charge in [-0.15, -0.1) is 5.06 Å². The molecule has 24 heavy (non-hydrogen) atoms. The highest BCUT2D eigenvalue weighted by Crippen LogP contribution is 2.30. The van der Waals surface area contributed by atoms with Crippen LogP contribution in [0, 0.1) is 12.0 Å². The molecule has 2 amide bonds. The fourth-order valence-corrected chi connectivity index (χ4v) is 2.29. The van der Waals surface area contributed by atoms with Crippen molar-refractivity contribution in [1.29, 1.82) is 0 Å². The van der Waals surface area contributed by atoms with Gasteiger partial charge in [0.2, 0.25) is 0 Å². The van der Waals surface area contributed by atoms with Crippen molar-refractivity contribution in [2.45, 2.75) is 38.6 Å². The molecule has 10 nitrogen and oxygen atoms in total. The molecule has 2 heterocycles. The first-order valence-corrected chi connectivity index (χ1v) is 7.61. The lowest BCUT2D eigenvalue weighted by Gasteiger charge is -2.35. The number of amides is 2. The summed E-state index contributed by atoms with van der Waals surface area (Å²) in [7, 11) is 0. The number of ether oxygens (including phenoxy) is 1. The number of hydroxylamine groups is 2. The summed E-state index contributed by atoms with van der Waals surface area (Å²) in [5, 5.41) is 19.5. The largest absolute Gasteiger partial charge is 0.394 e. The molecule has 0 aliphatic carbocycles. The van der Waals surface area contributed by atoms with E-state index in [2.05, 4.69) is 0 Å². The smallest absolute Gasteiger partial charge is 0.361 e. The zero-order chi connectivity index (χ0) is 18.0. The van der Waals surface area contributed by atoms with Crippen molar-refractivity contribution in [2.24, 2.45) is 17.4 Å². The standard InChI is InChI=1S/C14H23N4O6/c1-7(2)12(16)13(21)24-18-10(15)3-4-17(14(18)22)11-5-8(20)9(6-19)23-11/h3,7,9,11-12,19-20H,4-6,15-16H2,1-2H3. The van der Waals surface area contributed by atoms with E-state index in [1.807, 2.05) is 0 Å². The van der Waals surface area contributed by atoms with Crippen LogP contribution in [0.3, 0.4) is 0 Å². The number of hydrogen-bond donors (Lipinski definition) is 4. The van der Waals surface area contributed by atoms with Gasteiger partial charge in [0.05, 0.1) is 6.61 Å². The number of carbonyl (C=O) groups is 2. The average molecular weight is 343 g/mol. The van der Waals surface area contributed by atoms with Crippen molar-refractivity contribution < 1.29 is 29.4 Å². The Labute approximate surface area is 139 Å². The van der Waals surface area contributed by atoms with Crippen LogP contribution in [-0.4, -0.2) is 63.7 Å². The maximum atomic E-state index is 12.5. The van der Waals surface area contributed by atoms with E-state index in [-0.39, 0.29) is 30.8 Å². The lowest BCUT2D eigenvalue weighted by molar-refractivity contribution is -0.178. The average Bonchev–Trinajstić information content (AvgIpc) is 2.90. The molecule has 0 aromatic heterocycles. The molecule has 3 unspecified atom stereocenters. The van der Waals surface area contributed by atoms with Crippen molar-refractivity contribution in [3.63, 3.8) is 0 Å². The number of rotatable bonds is 5. The normalized spacial score (nSPS) is 26.8. The third kappa shape index (κ3) is 3.61. The van der Waals surface area contributed by atoms with Crippen LogP contribution in [0.15, 0.2) is 11.9 Å². The molecule has 1 saturated heterocycles. The van der Waals surface area contributed by atoms with Gasteiger partial charge in [0.15, 0.2) is 0 Å². The van der Waals surface area contributed by atoms with E-state index >= 15 is 0 Å². The molecule has 0 aromatic rings. The fourth-order valence-electron chi connectivity index (χ4n) is 2.29. The number of hydrogen-bond acceptors (Lipinski definition) is 8. The lowest BCUT2D eigenvalue weighted by Crippen LogP contribution is -2.54. The highest BCUT2D eigenvalue weighted by Gasteiger charge is 2.43. The van der Waals surface area contributed by atoms with Crippen LogP contribution in [-0.2, 0) is 14.4 Å². The molecule has 2 aliphatic rings. The Morgan fingerprint density at radius 1 is 1.54 bits per heavy atom. The van der Waals surface area contributed by atoms with Gasteiger partial charge in [-0.3, -0.25) is 4.90 Å². The summed E-state index contributed by atoms with van der Waals surface area (Å²) in [4.78, 5) is 30.8. The molecule has 0 saturated carbocycles. The summed E-state index contributed by atoms with van der Waals surface area (Å²) in [6.07, 6.45) is -0.168. The van der Waals surface area contributed by atoms with Gasteiger partial charge in [-0.05, 0) is 12.0 Å². The van der Waals surface area contributed by atoms with Gasteiger partial charge in [-0.1, -0.05) is 13.8 Å². The van der Waals surface area contributed by atoms with Gasteiger partial charge in [0, 0.05) is 13.0 Å². The summed E-state index contributed by atoms with van der Waals surface area (Å²) < 4.78 is 5.41. The molecule has 135 valence electrons. The molecule has 2 rings (SSSR count). The number of aliphatic hydroxyl groups excluding tert-OH is 2. The van der Waals surface area contributed by atoms with Crippen LogP contribution in [0.5, 0.6) is 0 Å². The van der Waals surface area contributed by atoms with Crippen LogP contribution in [0.2, 0.25) is 0 Å². The number of urea groups is 1. The Morgan fingerprint density at radius 3 is 2.75 bits per heavy atom. The van der Waals surface area contributed by atoms with Crippen molar-refractivity contribution in [2.75, 3.05) is 13.2 Å². The van der Waals surface area contributed by atoms with Gasteiger partial charge < -0.3 is 31.3 Å². The molecule has 3 atom stereocenters. The van der Waals surface area contributed by atoms with Gasteiger partial charge in [-0.25, -0.2) is 9.59 Å². The SMILES string of the molecule is CC(C)C(N)C(=O)ON1C(=O)N(C2C[C](O)C(CO)O2)CC=C1N. The van der Waals surface area contributed by atoms with Gasteiger partial charge in [0.25, 0.3) is 0 Å². The highest BCUT2D eigenvalue weighted by atomic mass is 16.7. The second-order valence-corrected chi connectivity index (χ2v) is 6.00. The topological polar surface area (TPSA) is 152 Å².